The third-order valence-corrected chi connectivity index (χ3v) is 3.63. The molecule has 0 saturated heterocycles. The minimum atomic E-state index is -1.11. The van der Waals surface area contributed by atoms with Crippen molar-refractivity contribution in [3.8, 4) is 0 Å². The summed E-state index contributed by atoms with van der Waals surface area (Å²) in [6.07, 6.45) is 1.38. The van der Waals surface area contributed by atoms with Crippen LogP contribution in [0.2, 0.25) is 5.02 Å². The van der Waals surface area contributed by atoms with Crippen molar-refractivity contribution in [3.05, 3.63) is 61.7 Å². The number of hydrogen-bond donors (Lipinski definition) is 0. The van der Waals surface area contributed by atoms with Crippen LogP contribution in [0.25, 0.3) is 6.08 Å². The predicted molar refractivity (Wildman–Crippen MR) is 83.4 cm³/mol. The molecule has 8 heteroatoms. The van der Waals surface area contributed by atoms with Gasteiger partial charge in [0, 0.05) is 6.08 Å². The van der Waals surface area contributed by atoms with E-state index in [-0.39, 0.29) is 22.2 Å². The van der Waals surface area contributed by atoms with Gasteiger partial charge in [0.25, 0.3) is 0 Å². The maximum Gasteiger partial charge on any atom is 0.363 e. The Labute approximate surface area is 141 Å². The number of esters is 1. The highest BCUT2D eigenvalue weighted by Gasteiger charge is 2.27. The van der Waals surface area contributed by atoms with Gasteiger partial charge in [-0.05, 0) is 46.9 Å². The predicted octanol–water partition coefficient (Wildman–Crippen LogP) is 4.16. The topological polar surface area (TPSA) is 51.8 Å². The van der Waals surface area contributed by atoms with E-state index in [4.69, 9.17) is 20.8 Å². The molecule has 0 N–H and O–H groups in total. The maximum absolute atomic E-state index is 13.3. The number of ether oxygens (including phenoxy) is 1. The molecule has 112 valence electrons. The summed E-state index contributed by atoms with van der Waals surface area (Å²) in [5.41, 5.74) is -0.0344. The molecule has 1 aromatic carbocycles. The zero-order valence-electron chi connectivity index (χ0n) is 10.6. The van der Waals surface area contributed by atoms with Crippen molar-refractivity contribution in [2.75, 3.05) is 0 Å². The molecule has 1 aliphatic rings. The Kier molecular flexibility index (Phi) is 4.00. The Bertz CT molecular complexity index is 845. The highest BCUT2D eigenvalue weighted by molar-refractivity contribution is 14.1. The first-order chi connectivity index (χ1) is 10.4. The molecule has 0 spiro atoms. The van der Waals surface area contributed by atoms with Crippen molar-refractivity contribution in [1.82, 2.24) is 0 Å². The maximum atomic E-state index is 13.3. The van der Waals surface area contributed by atoms with Crippen LogP contribution >= 0.6 is 34.2 Å². The van der Waals surface area contributed by atoms with Crippen LogP contribution in [0.15, 0.2) is 39.4 Å². The summed E-state index contributed by atoms with van der Waals surface area (Å²) < 4.78 is 37.2. The van der Waals surface area contributed by atoms with Crippen molar-refractivity contribution in [2.45, 2.75) is 0 Å². The molecular weight excluding hydrogens is 431 g/mol. The lowest BCUT2D eigenvalue weighted by atomic mass is 10.2. The Morgan fingerprint density at radius 1 is 1.23 bits per heavy atom. The average molecular weight is 436 g/mol. The van der Waals surface area contributed by atoms with Crippen LogP contribution in [-0.4, -0.2) is 11.9 Å². The van der Waals surface area contributed by atoms with Gasteiger partial charge in [-0.15, -0.1) is 0 Å². The minimum absolute atomic E-state index is 0.00802. The number of benzene rings is 1. The van der Waals surface area contributed by atoms with Gasteiger partial charge in [-0.1, -0.05) is 11.6 Å². The number of cyclic esters (lactones) is 1. The molecule has 0 unspecified atom stereocenters. The monoisotopic (exact) mass is 435 g/mol. The van der Waals surface area contributed by atoms with E-state index in [9.17, 15) is 13.6 Å². The van der Waals surface area contributed by atoms with Gasteiger partial charge in [0.15, 0.2) is 21.1 Å². The van der Waals surface area contributed by atoms with Gasteiger partial charge in [0.2, 0.25) is 5.90 Å². The summed E-state index contributed by atoms with van der Waals surface area (Å²) >= 11 is 7.80. The van der Waals surface area contributed by atoms with Gasteiger partial charge in [-0.25, -0.2) is 18.6 Å². The summed E-state index contributed by atoms with van der Waals surface area (Å²) in [6, 6.07) is 4.98. The zero-order valence-corrected chi connectivity index (χ0v) is 13.5. The molecule has 0 atom stereocenters. The Balaban J connectivity index is 2.00. The summed E-state index contributed by atoms with van der Waals surface area (Å²) in [5.74, 6) is -2.72. The number of carbonyl (C=O) groups is 1. The SMILES string of the molecule is O=C1OC(c2cc(F)c(F)cc2Cl)=NC1=Cc1ccc(I)o1. The molecule has 0 saturated carbocycles. The fourth-order valence-electron chi connectivity index (χ4n) is 1.75. The van der Waals surface area contributed by atoms with Gasteiger partial charge < -0.3 is 9.15 Å². The van der Waals surface area contributed by atoms with E-state index in [1.807, 2.05) is 22.6 Å². The second-order valence-corrected chi connectivity index (χ2v) is 5.69. The van der Waals surface area contributed by atoms with Crippen molar-refractivity contribution in [2.24, 2.45) is 4.99 Å². The van der Waals surface area contributed by atoms with Crippen LogP contribution in [0.1, 0.15) is 11.3 Å². The van der Waals surface area contributed by atoms with Crippen LogP contribution in [0.5, 0.6) is 0 Å². The van der Waals surface area contributed by atoms with Crippen molar-refractivity contribution >= 4 is 52.1 Å². The fraction of sp³-hybridized carbons (Fsp3) is 0. The van der Waals surface area contributed by atoms with Crippen LogP contribution in [0.4, 0.5) is 8.78 Å². The lowest BCUT2D eigenvalue weighted by Crippen LogP contribution is -2.07. The quantitative estimate of drug-likeness (QED) is 0.308. The largest absolute Gasteiger partial charge is 0.451 e. The number of rotatable bonds is 2. The summed E-state index contributed by atoms with van der Waals surface area (Å²) in [5, 5.41) is -0.112. The lowest BCUT2D eigenvalue weighted by Gasteiger charge is -2.03. The normalized spacial score (nSPS) is 16.1. The van der Waals surface area contributed by atoms with Gasteiger partial charge >= 0.3 is 5.97 Å². The van der Waals surface area contributed by atoms with E-state index in [1.165, 1.54) is 6.08 Å². The van der Waals surface area contributed by atoms with Gasteiger partial charge in [-0.2, -0.15) is 0 Å². The van der Waals surface area contributed by atoms with E-state index < -0.39 is 17.6 Å². The summed E-state index contributed by atoms with van der Waals surface area (Å²) in [6.45, 7) is 0. The first-order valence-corrected chi connectivity index (χ1v) is 7.32. The fourth-order valence-corrected chi connectivity index (χ4v) is 2.42. The molecule has 0 aliphatic carbocycles. The average Bonchev–Trinajstić information content (AvgIpc) is 3.01. The third-order valence-electron chi connectivity index (χ3n) is 2.73. The van der Waals surface area contributed by atoms with Crippen molar-refractivity contribution < 1.29 is 22.7 Å². The third kappa shape index (κ3) is 2.91. The first kappa shape index (κ1) is 15.2. The second kappa shape index (κ2) is 5.81. The van der Waals surface area contributed by atoms with E-state index in [0.29, 0.717) is 9.53 Å². The van der Waals surface area contributed by atoms with E-state index in [0.717, 1.165) is 12.1 Å². The van der Waals surface area contributed by atoms with E-state index in [1.54, 1.807) is 12.1 Å². The lowest BCUT2D eigenvalue weighted by molar-refractivity contribution is -0.129. The molecule has 0 fully saturated rings. The second-order valence-electron chi connectivity index (χ2n) is 4.22. The Morgan fingerprint density at radius 2 is 1.95 bits per heavy atom. The van der Waals surface area contributed by atoms with Crippen LogP contribution in [0, 0.1) is 15.4 Å². The van der Waals surface area contributed by atoms with Gasteiger partial charge in [-0.3, -0.25) is 0 Å². The molecule has 3 rings (SSSR count). The Hall–Kier alpha value is -1.74. The smallest absolute Gasteiger partial charge is 0.363 e. The van der Waals surface area contributed by atoms with Crippen LogP contribution in [-0.2, 0) is 9.53 Å². The number of furan rings is 1. The molecular formula is C14H5ClF2INO3. The molecule has 0 radical (unpaired) electrons. The zero-order chi connectivity index (χ0) is 15.9. The molecule has 4 nitrogen and oxygen atoms in total. The highest BCUT2D eigenvalue weighted by atomic mass is 127. The van der Waals surface area contributed by atoms with Crippen molar-refractivity contribution in [3.63, 3.8) is 0 Å². The summed E-state index contributed by atoms with van der Waals surface area (Å²) in [4.78, 5) is 15.7. The molecule has 22 heavy (non-hydrogen) atoms. The highest BCUT2D eigenvalue weighted by Crippen LogP contribution is 2.26. The van der Waals surface area contributed by atoms with Crippen LogP contribution in [0.3, 0.4) is 0 Å². The molecule has 0 amide bonds. The first-order valence-electron chi connectivity index (χ1n) is 5.87. The minimum Gasteiger partial charge on any atom is -0.451 e. The number of aliphatic imine (C=N–C) groups is 1. The van der Waals surface area contributed by atoms with Gasteiger partial charge in [0.1, 0.15) is 5.76 Å². The van der Waals surface area contributed by atoms with E-state index >= 15 is 0 Å². The molecule has 2 aromatic rings. The van der Waals surface area contributed by atoms with Gasteiger partial charge in [0.05, 0.1) is 10.6 Å². The molecule has 2 heterocycles. The molecule has 1 aliphatic heterocycles. The standard InChI is InChI=1S/C14H5ClF2INO3/c15-8-5-10(17)9(16)4-7(8)13-19-11(14(20)22-13)3-6-1-2-12(18)21-6/h1-5H. The molecule has 0 bridgehead atoms. The van der Waals surface area contributed by atoms with Crippen LogP contribution < -0.4 is 0 Å². The summed E-state index contributed by atoms with van der Waals surface area (Å²) in [7, 11) is 0. The Morgan fingerprint density at radius 3 is 2.64 bits per heavy atom. The van der Waals surface area contributed by atoms with Crippen molar-refractivity contribution in [1.29, 1.82) is 0 Å². The number of halogens is 4. The van der Waals surface area contributed by atoms with E-state index in [2.05, 4.69) is 4.99 Å². The molecule has 1 aromatic heterocycles. The number of nitrogens with zero attached hydrogens (tertiary/aromatic N) is 1. The number of hydrogen-bond acceptors (Lipinski definition) is 4. The number of carbonyl (C=O) groups excluding carboxylic acids is 1.